The Hall–Kier alpha value is -1.06. The van der Waals surface area contributed by atoms with E-state index in [9.17, 15) is 5.11 Å². The van der Waals surface area contributed by atoms with Crippen molar-refractivity contribution in [3.63, 3.8) is 0 Å². The van der Waals surface area contributed by atoms with Gasteiger partial charge in [0, 0.05) is 12.1 Å². The van der Waals surface area contributed by atoms with E-state index in [2.05, 4.69) is 39.9 Å². The van der Waals surface area contributed by atoms with Crippen LogP contribution in [0.4, 0.5) is 0 Å². The molecule has 2 N–H and O–H groups in total. The number of aliphatic hydroxyl groups is 1. The number of rotatable bonds is 5. The maximum absolute atomic E-state index is 10.3. The summed E-state index contributed by atoms with van der Waals surface area (Å²) in [5.74, 6) is 1.26. The zero-order chi connectivity index (χ0) is 14.6. The lowest BCUT2D eigenvalue weighted by molar-refractivity contribution is 0.163. The van der Waals surface area contributed by atoms with Crippen molar-refractivity contribution in [2.75, 3.05) is 13.7 Å². The number of hydrogen-bond donors (Lipinski definition) is 2. The summed E-state index contributed by atoms with van der Waals surface area (Å²) in [7, 11) is 1.68. The van der Waals surface area contributed by atoms with Crippen molar-refractivity contribution in [1.29, 1.82) is 0 Å². The lowest BCUT2D eigenvalue weighted by Gasteiger charge is -2.23. The van der Waals surface area contributed by atoms with Crippen LogP contribution < -0.4 is 10.1 Å². The van der Waals surface area contributed by atoms with Crippen molar-refractivity contribution < 1.29 is 9.84 Å². The van der Waals surface area contributed by atoms with Gasteiger partial charge < -0.3 is 15.2 Å². The Morgan fingerprint density at radius 2 is 1.89 bits per heavy atom. The van der Waals surface area contributed by atoms with Crippen LogP contribution in [0.25, 0.3) is 0 Å². The summed E-state index contributed by atoms with van der Waals surface area (Å²) in [6.07, 6.45) is -0.498. The fourth-order valence-electron chi connectivity index (χ4n) is 1.93. The number of ether oxygens (including phenoxy) is 1. The molecule has 108 valence electrons. The highest BCUT2D eigenvalue weighted by Gasteiger charge is 2.16. The van der Waals surface area contributed by atoms with Gasteiger partial charge in [0.1, 0.15) is 5.75 Å². The lowest BCUT2D eigenvalue weighted by Crippen LogP contribution is -2.38. The molecule has 0 amide bonds. The van der Waals surface area contributed by atoms with Crippen molar-refractivity contribution in [3.05, 3.63) is 29.3 Å². The van der Waals surface area contributed by atoms with Gasteiger partial charge >= 0.3 is 0 Å². The molecule has 0 heterocycles. The third kappa shape index (κ3) is 4.84. The fourth-order valence-corrected chi connectivity index (χ4v) is 1.93. The Labute approximate surface area is 117 Å². The van der Waals surface area contributed by atoms with Crippen molar-refractivity contribution in [2.24, 2.45) is 0 Å². The maximum atomic E-state index is 10.3. The molecule has 0 saturated carbocycles. The van der Waals surface area contributed by atoms with E-state index in [1.165, 1.54) is 0 Å². The first kappa shape index (κ1) is 16.0. The second kappa shape index (κ2) is 6.40. The van der Waals surface area contributed by atoms with E-state index >= 15 is 0 Å². The van der Waals surface area contributed by atoms with Crippen molar-refractivity contribution in [1.82, 2.24) is 5.32 Å². The van der Waals surface area contributed by atoms with E-state index < -0.39 is 6.10 Å². The molecule has 3 heteroatoms. The van der Waals surface area contributed by atoms with Crippen LogP contribution >= 0.6 is 0 Å². The Bertz CT molecular complexity index is 408. The van der Waals surface area contributed by atoms with Crippen LogP contribution in [0, 0.1) is 0 Å². The second-order valence-electron chi connectivity index (χ2n) is 6.30. The molecule has 0 saturated heterocycles. The van der Waals surface area contributed by atoms with Gasteiger partial charge in [-0.1, -0.05) is 19.9 Å². The Morgan fingerprint density at radius 3 is 2.37 bits per heavy atom. The van der Waals surface area contributed by atoms with Crippen molar-refractivity contribution in [2.45, 2.75) is 52.2 Å². The first-order chi connectivity index (χ1) is 8.74. The fraction of sp³-hybridized carbons (Fsp3) is 0.625. The van der Waals surface area contributed by atoms with Gasteiger partial charge in [0.2, 0.25) is 0 Å². The quantitative estimate of drug-likeness (QED) is 0.858. The molecule has 0 aliphatic heterocycles. The molecule has 3 nitrogen and oxygen atoms in total. The Morgan fingerprint density at radius 1 is 1.26 bits per heavy atom. The zero-order valence-electron chi connectivity index (χ0n) is 12.9. The van der Waals surface area contributed by atoms with E-state index in [0.29, 0.717) is 12.5 Å². The third-order valence-corrected chi connectivity index (χ3v) is 3.09. The summed E-state index contributed by atoms with van der Waals surface area (Å²) in [6, 6.07) is 5.91. The largest absolute Gasteiger partial charge is 0.496 e. The molecule has 1 aromatic rings. The van der Waals surface area contributed by atoms with Crippen molar-refractivity contribution >= 4 is 0 Å². The summed E-state index contributed by atoms with van der Waals surface area (Å²) >= 11 is 0. The molecule has 0 bridgehead atoms. The van der Waals surface area contributed by atoms with Gasteiger partial charge in [-0.25, -0.2) is 0 Å². The summed E-state index contributed by atoms with van der Waals surface area (Å²) < 4.78 is 5.36. The first-order valence-electron chi connectivity index (χ1n) is 6.85. The summed E-state index contributed by atoms with van der Waals surface area (Å²) in [5, 5.41) is 13.6. The van der Waals surface area contributed by atoms with E-state index in [1.54, 1.807) is 7.11 Å². The number of benzene rings is 1. The van der Waals surface area contributed by atoms with Crippen LogP contribution in [0.5, 0.6) is 5.75 Å². The average Bonchev–Trinajstić information content (AvgIpc) is 2.34. The number of nitrogens with one attached hydrogen (secondary N) is 1. The normalized spacial score (nSPS) is 13.7. The van der Waals surface area contributed by atoms with E-state index in [0.717, 1.165) is 16.9 Å². The van der Waals surface area contributed by atoms with Gasteiger partial charge in [0.15, 0.2) is 0 Å². The Kier molecular flexibility index (Phi) is 5.39. The molecule has 0 aromatic heterocycles. The lowest BCUT2D eigenvalue weighted by atomic mass is 9.97. The molecule has 0 aliphatic carbocycles. The highest BCUT2D eigenvalue weighted by atomic mass is 16.5. The average molecular weight is 265 g/mol. The molecule has 19 heavy (non-hydrogen) atoms. The third-order valence-electron chi connectivity index (χ3n) is 3.09. The Balaban J connectivity index is 2.86. The molecule has 0 fully saturated rings. The summed E-state index contributed by atoms with van der Waals surface area (Å²) in [6.45, 7) is 11.1. The maximum Gasteiger partial charge on any atom is 0.122 e. The smallest absolute Gasteiger partial charge is 0.122 e. The highest BCUT2D eigenvalue weighted by Crippen LogP contribution is 2.29. The van der Waals surface area contributed by atoms with Crippen molar-refractivity contribution in [3.8, 4) is 5.75 Å². The van der Waals surface area contributed by atoms with Crippen LogP contribution in [-0.4, -0.2) is 24.3 Å². The number of methoxy groups -OCH3 is 1. The standard InChI is InChI=1S/C16H27NO2/c1-11(2)13-9-12(7-8-15(13)19-6)14(18)10-17-16(3,4)5/h7-9,11,14,17-18H,10H2,1-6H3. The minimum atomic E-state index is -0.498. The van der Waals surface area contributed by atoms with E-state index in [4.69, 9.17) is 4.74 Å². The minimum Gasteiger partial charge on any atom is -0.496 e. The van der Waals surface area contributed by atoms with Gasteiger partial charge in [-0.15, -0.1) is 0 Å². The van der Waals surface area contributed by atoms with Crippen LogP contribution in [-0.2, 0) is 0 Å². The molecule has 1 atom stereocenters. The predicted octanol–water partition coefficient (Wildman–Crippen LogP) is 3.24. The monoisotopic (exact) mass is 265 g/mol. The second-order valence-corrected chi connectivity index (χ2v) is 6.30. The predicted molar refractivity (Wildman–Crippen MR) is 79.8 cm³/mol. The molecule has 0 spiro atoms. The number of aliphatic hydroxyl groups excluding tert-OH is 1. The van der Waals surface area contributed by atoms with Crippen LogP contribution in [0.2, 0.25) is 0 Å². The number of hydrogen-bond acceptors (Lipinski definition) is 3. The van der Waals surface area contributed by atoms with Gasteiger partial charge in [-0.2, -0.15) is 0 Å². The van der Waals surface area contributed by atoms with Crippen LogP contribution in [0.1, 0.15) is 57.8 Å². The van der Waals surface area contributed by atoms with E-state index in [-0.39, 0.29) is 5.54 Å². The molecular formula is C16H27NO2. The molecular weight excluding hydrogens is 238 g/mol. The molecule has 0 aliphatic rings. The minimum absolute atomic E-state index is 0.00826. The van der Waals surface area contributed by atoms with E-state index in [1.807, 2.05) is 18.2 Å². The number of β-amino-alcohol motifs (C(OH)–C–C–N with tert-alkyl or cyclic N) is 1. The van der Waals surface area contributed by atoms with Gasteiger partial charge in [0.25, 0.3) is 0 Å². The molecule has 1 rings (SSSR count). The zero-order valence-corrected chi connectivity index (χ0v) is 12.9. The summed E-state index contributed by atoms with van der Waals surface area (Å²) in [5.41, 5.74) is 2.07. The summed E-state index contributed by atoms with van der Waals surface area (Å²) in [4.78, 5) is 0. The first-order valence-corrected chi connectivity index (χ1v) is 6.85. The molecule has 0 radical (unpaired) electrons. The van der Waals surface area contributed by atoms with Gasteiger partial charge in [-0.3, -0.25) is 0 Å². The van der Waals surface area contributed by atoms with Gasteiger partial charge in [0.05, 0.1) is 13.2 Å². The topological polar surface area (TPSA) is 41.5 Å². The van der Waals surface area contributed by atoms with Gasteiger partial charge in [-0.05, 0) is 49.9 Å². The van der Waals surface area contributed by atoms with Crippen LogP contribution in [0.15, 0.2) is 18.2 Å². The highest BCUT2D eigenvalue weighted by molar-refractivity contribution is 5.40. The SMILES string of the molecule is COc1ccc(C(O)CNC(C)(C)C)cc1C(C)C. The molecule has 1 aromatic carbocycles. The van der Waals surface area contributed by atoms with Crippen LogP contribution in [0.3, 0.4) is 0 Å². The molecule has 1 unspecified atom stereocenters.